The van der Waals surface area contributed by atoms with Crippen LogP contribution in [0.25, 0.3) is 0 Å². The molecule has 0 saturated carbocycles. The predicted octanol–water partition coefficient (Wildman–Crippen LogP) is 1.65. The maximum Gasteiger partial charge on any atom is 0.161 e. The second-order valence-corrected chi connectivity index (χ2v) is 3.81. The highest BCUT2D eigenvalue weighted by Gasteiger charge is 2.28. The third kappa shape index (κ3) is 2.28. The van der Waals surface area contributed by atoms with Crippen molar-refractivity contribution in [1.29, 1.82) is 0 Å². The van der Waals surface area contributed by atoms with Gasteiger partial charge in [-0.1, -0.05) is 0 Å². The molecule has 1 heterocycles. The number of imidazole rings is 1. The molecule has 1 aromatic rings. The summed E-state index contributed by atoms with van der Waals surface area (Å²) < 4.78 is 15.4. The predicted molar refractivity (Wildman–Crippen MR) is 50.0 cm³/mol. The Bertz CT molecular complexity index is 275. The Morgan fingerprint density at radius 3 is 2.69 bits per heavy atom. The lowest BCUT2D eigenvalue weighted by Gasteiger charge is -2.21. The molecule has 3 nitrogen and oxygen atoms in total. The Morgan fingerprint density at radius 2 is 2.31 bits per heavy atom. The van der Waals surface area contributed by atoms with E-state index in [9.17, 15) is 4.39 Å². The van der Waals surface area contributed by atoms with Crippen molar-refractivity contribution in [2.45, 2.75) is 39.0 Å². The molecule has 1 unspecified atom stereocenters. The van der Waals surface area contributed by atoms with Crippen LogP contribution in [0.15, 0.2) is 12.5 Å². The van der Waals surface area contributed by atoms with Crippen LogP contribution >= 0.6 is 0 Å². The van der Waals surface area contributed by atoms with Gasteiger partial charge in [0.25, 0.3) is 0 Å². The molecule has 1 aromatic heterocycles. The highest BCUT2D eigenvalue weighted by molar-refractivity contribution is 5.07. The number of hydrogen-bond donors (Lipinski definition) is 1. The van der Waals surface area contributed by atoms with E-state index >= 15 is 0 Å². The standard InChI is InChI=1S/C9H16FN3/c1-4-13-5-7(12-6-13)8(10)9(2,3)11/h5-6,8H,4,11H2,1-3H3. The van der Waals surface area contributed by atoms with Crippen molar-refractivity contribution >= 4 is 0 Å². The Kier molecular flexibility index (Phi) is 2.71. The molecule has 2 N–H and O–H groups in total. The molecule has 1 atom stereocenters. The zero-order chi connectivity index (χ0) is 10.1. The Balaban J connectivity index is 2.83. The lowest BCUT2D eigenvalue weighted by molar-refractivity contribution is 0.218. The van der Waals surface area contributed by atoms with Crippen molar-refractivity contribution in [3.8, 4) is 0 Å². The van der Waals surface area contributed by atoms with Crippen LogP contribution in [0.5, 0.6) is 0 Å². The SMILES string of the molecule is CCn1cnc(C(F)C(C)(C)N)c1. The van der Waals surface area contributed by atoms with Crippen LogP contribution in [-0.2, 0) is 6.54 Å². The highest BCUT2D eigenvalue weighted by Crippen LogP contribution is 2.25. The third-order valence-corrected chi connectivity index (χ3v) is 1.93. The second kappa shape index (κ2) is 3.46. The van der Waals surface area contributed by atoms with Gasteiger partial charge in [-0.2, -0.15) is 0 Å². The van der Waals surface area contributed by atoms with Gasteiger partial charge in [0.05, 0.1) is 12.0 Å². The molecule has 0 aliphatic heterocycles. The smallest absolute Gasteiger partial charge is 0.161 e. The maximum atomic E-state index is 13.6. The zero-order valence-electron chi connectivity index (χ0n) is 8.29. The fraction of sp³-hybridized carbons (Fsp3) is 0.667. The van der Waals surface area contributed by atoms with E-state index in [4.69, 9.17) is 5.73 Å². The van der Waals surface area contributed by atoms with Gasteiger partial charge in [0.15, 0.2) is 6.17 Å². The van der Waals surface area contributed by atoms with Gasteiger partial charge in [-0.25, -0.2) is 9.37 Å². The maximum absolute atomic E-state index is 13.6. The molecule has 0 saturated heterocycles. The van der Waals surface area contributed by atoms with Crippen molar-refractivity contribution < 1.29 is 4.39 Å². The van der Waals surface area contributed by atoms with Crippen LogP contribution in [0.3, 0.4) is 0 Å². The molecule has 4 heteroatoms. The van der Waals surface area contributed by atoms with Crippen LogP contribution < -0.4 is 5.73 Å². The Hall–Kier alpha value is -0.900. The topological polar surface area (TPSA) is 43.8 Å². The Morgan fingerprint density at radius 1 is 1.69 bits per heavy atom. The van der Waals surface area contributed by atoms with Crippen LogP contribution in [0, 0.1) is 0 Å². The quantitative estimate of drug-likeness (QED) is 0.778. The highest BCUT2D eigenvalue weighted by atomic mass is 19.1. The van der Waals surface area contributed by atoms with Gasteiger partial charge >= 0.3 is 0 Å². The van der Waals surface area contributed by atoms with Crippen molar-refractivity contribution in [1.82, 2.24) is 9.55 Å². The number of hydrogen-bond acceptors (Lipinski definition) is 2. The summed E-state index contributed by atoms with van der Waals surface area (Å²) >= 11 is 0. The molecule has 0 amide bonds. The van der Waals surface area contributed by atoms with E-state index < -0.39 is 11.7 Å². The fourth-order valence-corrected chi connectivity index (χ4v) is 1.06. The molecular weight excluding hydrogens is 169 g/mol. The molecule has 1 rings (SSSR count). The number of alkyl halides is 1. The number of nitrogens with zero attached hydrogens (tertiary/aromatic N) is 2. The number of aromatic nitrogens is 2. The van der Waals surface area contributed by atoms with Crippen molar-refractivity contribution in [2.75, 3.05) is 0 Å². The number of halogens is 1. The van der Waals surface area contributed by atoms with Crippen LogP contribution in [0.2, 0.25) is 0 Å². The molecule has 0 aliphatic carbocycles. The first-order valence-corrected chi connectivity index (χ1v) is 4.39. The number of nitrogens with two attached hydrogens (primary N) is 1. The average Bonchev–Trinajstić information content (AvgIpc) is 2.48. The zero-order valence-corrected chi connectivity index (χ0v) is 8.29. The first kappa shape index (κ1) is 10.2. The fourth-order valence-electron chi connectivity index (χ4n) is 1.06. The summed E-state index contributed by atoms with van der Waals surface area (Å²) in [6, 6.07) is 0. The van der Waals surface area contributed by atoms with E-state index in [0.29, 0.717) is 5.69 Å². The molecular formula is C9H16FN3. The molecule has 0 aliphatic rings. The minimum absolute atomic E-state index is 0.411. The molecule has 0 radical (unpaired) electrons. The first-order chi connectivity index (χ1) is 5.95. The molecule has 0 aromatic carbocycles. The first-order valence-electron chi connectivity index (χ1n) is 4.39. The summed E-state index contributed by atoms with van der Waals surface area (Å²) in [6.07, 6.45) is 2.10. The molecule has 0 fully saturated rings. The largest absolute Gasteiger partial charge is 0.337 e. The monoisotopic (exact) mass is 185 g/mol. The van der Waals surface area contributed by atoms with E-state index in [1.165, 1.54) is 0 Å². The average molecular weight is 185 g/mol. The van der Waals surface area contributed by atoms with Gasteiger partial charge in [-0.05, 0) is 20.8 Å². The Labute approximate surface area is 77.8 Å². The van der Waals surface area contributed by atoms with Gasteiger partial charge < -0.3 is 10.3 Å². The van der Waals surface area contributed by atoms with E-state index in [-0.39, 0.29) is 0 Å². The summed E-state index contributed by atoms with van der Waals surface area (Å²) in [5.74, 6) is 0. The van der Waals surface area contributed by atoms with E-state index in [1.54, 1.807) is 26.4 Å². The summed E-state index contributed by atoms with van der Waals surface area (Å²) in [5.41, 5.74) is 5.18. The van der Waals surface area contributed by atoms with Crippen molar-refractivity contribution in [2.24, 2.45) is 5.73 Å². The van der Waals surface area contributed by atoms with Crippen molar-refractivity contribution in [3.05, 3.63) is 18.2 Å². The molecule has 0 spiro atoms. The van der Waals surface area contributed by atoms with Crippen LogP contribution in [0.1, 0.15) is 32.6 Å². The van der Waals surface area contributed by atoms with Crippen LogP contribution in [-0.4, -0.2) is 15.1 Å². The van der Waals surface area contributed by atoms with Gasteiger partial charge in [0.2, 0.25) is 0 Å². The summed E-state index contributed by atoms with van der Waals surface area (Å²) in [6.45, 7) is 6.09. The van der Waals surface area contributed by atoms with Crippen LogP contribution in [0.4, 0.5) is 4.39 Å². The van der Waals surface area contributed by atoms with Gasteiger partial charge in [0.1, 0.15) is 0 Å². The number of rotatable bonds is 3. The lowest BCUT2D eigenvalue weighted by Crippen LogP contribution is -2.37. The summed E-state index contributed by atoms with van der Waals surface area (Å²) in [4.78, 5) is 3.96. The normalized spacial score (nSPS) is 14.5. The lowest BCUT2D eigenvalue weighted by atomic mass is 9.98. The minimum atomic E-state index is -1.21. The van der Waals surface area contributed by atoms with E-state index in [1.807, 2.05) is 11.5 Å². The summed E-state index contributed by atoms with van der Waals surface area (Å²) in [7, 11) is 0. The molecule has 0 bridgehead atoms. The van der Waals surface area contributed by atoms with Gasteiger partial charge in [0, 0.05) is 18.3 Å². The second-order valence-electron chi connectivity index (χ2n) is 3.81. The molecule has 74 valence electrons. The van der Waals surface area contributed by atoms with Gasteiger partial charge in [-0.15, -0.1) is 0 Å². The third-order valence-electron chi connectivity index (χ3n) is 1.93. The summed E-state index contributed by atoms with van der Waals surface area (Å²) in [5, 5.41) is 0. The van der Waals surface area contributed by atoms with E-state index in [2.05, 4.69) is 4.98 Å². The van der Waals surface area contributed by atoms with E-state index in [0.717, 1.165) is 6.54 Å². The minimum Gasteiger partial charge on any atom is -0.337 e. The van der Waals surface area contributed by atoms with Crippen molar-refractivity contribution in [3.63, 3.8) is 0 Å². The van der Waals surface area contributed by atoms with Gasteiger partial charge in [-0.3, -0.25) is 0 Å². The molecule has 13 heavy (non-hydrogen) atoms. The number of aryl methyl sites for hydroxylation is 1.